The molecule has 14 heavy (non-hydrogen) atoms. The number of hydrogen-bond acceptors (Lipinski definition) is 3. The Morgan fingerprint density at radius 1 is 1.29 bits per heavy atom. The minimum Gasteiger partial charge on any atom is -0.622 e. The van der Waals surface area contributed by atoms with Gasteiger partial charge in [0.1, 0.15) is 5.54 Å². The Bertz CT molecular complexity index is 280. The number of nitrogens with zero attached hydrogens (tertiary/aromatic N) is 2. The summed E-state index contributed by atoms with van der Waals surface area (Å²) < 4.78 is 0.928. The minimum atomic E-state index is -0.872. The molecule has 4 nitrogen and oxygen atoms in total. The molecule has 0 aromatic heterocycles. The van der Waals surface area contributed by atoms with Crippen LogP contribution in [0.25, 0.3) is 0 Å². The summed E-state index contributed by atoms with van der Waals surface area (Å²) in [6.45, 7) is 11.1. The molecule has 1 N–H and O–H groups in total. The summed E-state index contributed by atoms with van der Waals surface area (Å²) in [6, 6.07) is 0. The van der Waals surface area contributed by atoms with Gasteiger partial charge in [0.2, 0.25) is 5.66 Å². The Morgan fingerprint density at radius 2 is 1.71 bits per heavy atom. The van der Waals surface area contributed by atoms with Gasteiger partial charge in [-0.05, 0) is 13.8 Å². The summed E-state index contributed by atoms with van der Waals surface area (Å²) in [4.78, 5) is 0. The largest absolute Gasteiger partial charge is 0.622 e. The van der Waals surface area contributed by atoms with Crippen LogP contribution < -0.4 is 0 Å². The smallest absolute Gasteiger partial charge is 0.245 e. The van der Waals surface area contributed by atoms with Crippen LogP contribution in [-0.2, 0) is 0 Å². The highest BCUT2D eigenvalue weighted by molar-refractivity contribution is 5.91. The summed E-state index contributed by atoms with van der Waals surface area (Å²) in [7, 11) is 0. The van der Waals surface area contributed by atoms with Crippen LogP contribution in [0.3, 0.4) is 0 Å². The van der Waals surface area contributed by atoms with E-state index in [0.717, 1.165) is 15.5 Å². The number of rotatable bonds is 1. The molecule has 1 aliphatic rings. The molecule has 0 unspecified atom stereocenters. The second kappa shape index (κ2) is 2.94. The van der Waals surface area contributed by atoms with Crippen molar-refractivity contribution in [1.82, 2.24) is 5.06 Å². The summed E-state index contributed by atoms with van der Waals surface area (Å²) >= 11 is 0. The molecule has 0 spiro atoms. The van der Waals surface area contributed by atoms with Crippen molar-refractivity contribution in [2.45, 2.75) is 52.7 Å². The van der Waals surface area contributed by atoms with Gasteiger partial charge in [0.15, 0.2) is 5.71 Å². The first kappa shape index (κ1) is 11.5. The minimum absolute atomic E-state index is 0.138. The molecule has 0 saturated carbocycles. The van der Waals surface area contributed by atoms with Gasteiger partial charge in [-0.1, -0.05) is 13.8 Å². The lowest BCUT2D eigenvalue weighted by atomic mass is 9.90. The number of hydrogen-bond donors (Lipinski definition) is 1. The predicted molar refractivity (Wildman–Crippen MR) is 55.3 cm³/mol. The van der Waals surface area contributed by atoms with Gasteiger partial charge < -0.3 is 10.4 Å². The molecule has 1 aliphatic heterocycles. The molecular formula is C10H20N2O2. The van der Waals surface area contributed by atoms with Crippen LogP contribution in [0, 0.1) is 11.1 Å². The van der Waals surface area contributed by atoms with Gasteiger partial charge in [0.05, 0.1) is 0 Å². The van der Waals surface area contributed by atoms with Crippen LogP contribution in [0.5, 0.6) is 0 Å². The first-order chi connectivity index (χ1) is 6.13. The van der Waals surface area contributed by atoms with Gasteiger partial charge in [0, 0.05) is 19.8 Å². The summed E-state index contributed by atoms with van der Waals surface area (Å²) in [5, 5.41) is 23.1. The first-order valence-corrected chi connectivity index (χ1v) is 4.97. The molecule has 0 radical (unpaired) electrons. The molecule has 0 bridgehead atoms. The Balaban J connectivity index is 3.30. The van der Waals surface area contributed by atoms with Crippen molar-refractivity contribution in [2.75, 3.05) is 0 Å². The van der Waals surface area contributed by atoms with E-state index in [1.165, 1.54) is 0 Å². The molecule has 1 heterocycles. The molecule has 0 fully saturated rings. The maximum Gasteiger partial charge on any atom is 0.245 e. The third kappa shape index (κ3) is 1.25. The summed E-state index contributed by atoms with van der Waals surface area (Å²) in [5.74, 6) is 0.138. The molecule has 0 atom stereocenters. The Morgan fingerprint density at radius 3 is 1.86 bits per heavy atom. The summed E-state index contributed by atoms with van der Waals surface area (Å²) in [5.41, 5.74) is -0.729. The molecule has 0 amide bonds. The molecule has 0 aromatic rings. The summed E-state index contributed by atoms with van der Waals surface area (Å²) in [6.07, 6.45) is 0. The Kier molecular flexibility index (Phi) is 2.41. The molecule has 0 saturated heterocycles. The third-order valence-corrected chi connectivity index (χ3v) is 2.94. The fourth-order valence-electron chi connectivity index (χ4n) is 2.36. The van der Waals surface area contributed by atoms with E-state index in [2.05, 4.69) is 0 Å². The Labute approximate surface area is 85.4 Å². The highest BCUT2D eigenvalue weighted by Crippen LogP contribution is 2.34. The van der Waals surface area contributed by atoms with Gasteiger partial charge in [-0.2, -0.15) is 4.74 Å². The standard InChI is InChI=1S/C10H20N2O2/c1-7(2)8-9(3,4)12(14)10(5,6)11(8)13/h7,14H,1-6H3. The van der Waals surface area contributed by atoms with Gasteiger partial charge in [-0.3, -0.25) is 0 Å². The molecule has 0 aliphatic carbocycles. The van der Waals surface area contributed by atoms with Crippen molar-refractivity contribution in [3.63, 3.8) is 0 Å². The fraction of sp³-hybridized carbons (Fsp3) is 0.900. The molecule has 4 heteroatoms. The SMILES string of the molecule is CC(C)C1=[N+]([O-])C(C)(C)N(O)C1(C)C. The maximum absolute atomic E-state index is 12.0. The fourth-order valence-corrected chi connectivity index (χ4v) is 2.36. The van der Waals surface area contributed by atoms with E-state index in [4.69, 9.17) is 0 Å². The van der Waals surface area contributed by atoms with Crippen LogP contribution in [0.4, 0.5) is 0 Å². The zero-order valence-corrected chi connectivity index (χ0v) is 9.83. The first-order valence-electron chi connectivity index (χ1n) is 4.97. The molecule has 0 aromatic carbocycles. The second-order valence-electron chi connectivity index (χ2n) is 5.20. The van der Waals surface area contributed by atoms with Crippen LogP contribution in [0.1, 0.15) is 41.5 Å². The van der Waals surface area contributed by atoms with Gasteiger partial charge >= 0.3 is 0 Å². The van der Waals surface area contributed by atoms with E-state index in [9.17, 15) is 10.4 Å². The van der Waals surface area contributed by atoms with Crippen molar-refractivity contribution in [1.29, 1.82) is 0 Å². The van der Waals surface area contributed by atoms with Crippen LogP contribution in [0.15, 0.2) is 0 Å². The normalized spacial score (nSPS) is 26.3. The lowest BCUT2D eigenvalue weighted by Crippen LogP contribution is -2.51. The predicted octanol–water partition coefficient (Wildman–Crippen LogP) is 1.81. The van der Waals surface area contributed by atoms with Crippen LogP contribution >= 0.6 is 0 Å². The zero-order chi connectivity index (χ0) is 11.3. The average Bonchev–Trinajstić information content (AvgIpc) is 2.10. The van der Waals surface area contributed by atoms with E-state index in [-0.39, 0.29) is 5.92 Å². The monoisotopic (exact) mass is 200 g/mol. The van der Waals surface area contributed by atoms with Crippen molar-refractivity contribution in [3.8, 4) is 0 Å². The van der Waals surface area contributed by atoms with Crippen LogP contribution in [0.2, 0.25) is 0 Å². The highest BCUT2D eigenvalue weighted by atomic mass is 16.6. The van der Waals surface area contributed by atoms with Gasteiger partial charge in [0.25, 0.3) is 0 Å². The van der Waals surface area contributed by atoms with E-state index in [1.807, 2.05) is 27.7 Å². The van der Waals surface area contributed by atoms with Crippen LogP contribution in [-0.4, -0.2) is 31.9 Å². The van der Waals surface area contributed by atoms with Crippen molar-refractivity contribution >= 4 is 5.71 Å². The third-order valence-electron chi connectivity index (χ3n) is 2.94. The molecule has 1 rings (SSSR count). The average molecular weight is 200 g/mol. The molecule has 82 valence electrons. The van der Waals surface area contributed by atoms with Gasteiger partial charge in [-0.15, -0.1) is 5.06 Å². The quantitative estimate of drug-likeness (QED) is 0.519. The van der Waals surface area contributed by atoms with E-state index >= 15 is 0 Å². The van der Waals surface area contributed by atoms with Crippen molar-refractivity contribution < 1.29 is 9.95 Å². The molecular weight excluding hydrogens is 180 g/mol. The topological polar surface area (TPSA) is 49.5 Å². The van der Waals surface area contributed by atoms with E-state index in [1.54, 1.807) is 13.8 Å². The Hall–Kier alpha value is -0.610. The lowest BCUT2D eigenvalue weighted by molar-refractivity contribution is -0.581. The zero-order valence-electron chi connectivity index (χ0n) is 9.83. The van der Waals surface area contributed by atoms with Crippen molar-refractivity contribution in [3.05, 3.63) is 5.21 Å². The number of hydroxylamine groups is 3. The lowest BCUT2D eigenvalue weighted by Gasteiger charge is -2.30. The maximum atomic E-state index is 12.0. The highest BCUT2D eigenvalue weighted by Gasteiger charge is 2.56. The van der Waals surface area contributed by atoms with E-state index < -0.39 is 11.2 Å². The van der Waals surface area contributed by atoms with E-state index in [0.29, 0.717) is 0 Å². The van der Waals surface area contributed by atoms with Crippen molar-refractivity contribution in [2.24, 2.45) is 5.92 Å². The second-order valence-corrected chi connectivity index (χ2v) is 5.20. The van der Waals surface area contributed by atoms with Gasteiger partial charge in [-0.25, -0.2) is 0 Å².